The number of aliphatic hydroxyl groups excluding tert-OH is 1. The Hall–Kier alpha value is -1.89. The molecule has 0 fully saturated rings. The number of carbonyl (C=O) groups is 4. The summed E-state index contributed by atoms with van der Waals surface area (Å²) in [6, 6.07) is 0. The van der Waals surface area contributed by atoms with Gasteiger partial charge >= 0.3 is 23.9 Å². The van der Waals surface area contributed by atoms with Gasteiger partial charge in [-0.25, -0.2) is 0 Å². The van der Waals surface area contributed by atoms with Crippen LogP contribution in [0.3, 0.4) is 0 Å². The van der Waals surface area contributed by atoms with Crippen molar-refractivity contribution in [1.29, 1.82) is 0 Å². The van der Waals surface area contributed by atoms with Crippen LogP contribution < -0.4 is 0 Å². The van der Waals surface area contributed by atoms with E-state index in [1.807, 2.05) is 0 Å². The number of rotatable bonds is 12. The van der Waals surface area contributed by atoms with Crippen LogP contribution in [0.5, 0.6) is 0 Å². The van der Waals surface area contributed by atoms with Crippen molar-refractivity contribution in [3.63, 3.8) is 0 Å². The third-order valence-corrected chi connectivity index (χ3v) is 2.47. The second kappa shape index (κ2) is 14.7. The monoisotopic (exact) mass is 370 g/mol. The van der Waals surface area contributed by atoms with E-state index in [1.54, 1.807) is 0 Å². The van der Waals surface area contributed by atoms with Crippen LogP contribution in [0.2, 0.25) is 0 Å². The van der Waals surface area contributed by atoms with Gasteiger partial charge in [0.1, 0.15) is 0 Å². The summed E-state index contributed by atoms with van der Waals surface area (Å²) in [5.74, 6) is -4.34. The minimum atomic E-state index is -1.23. The van der Waals surface area contributed by atoms with E-state index in [9.17, 15) is 19.2 Å². The van der Waals surface area contributed by atoms with Crippen LogP contribution in [-0.4, -0.2) is 111 Å². The minimum absolute atomic E-state index is 0.0703. The number of carboxylic acids is 4. The summed E-state index contributed by atoms with van der Waals surface area (Å²) < 4.78 is 0. The number of carboxylic acid groups (broad SMARTS) is 4. The lowest BCUT2D eigenvalue weighted by Gasteiger charge is -2.23. The number of aliphatic carboxylic acids is 4. The van der Waals surface area contributed by atoms with E-state index >= 15 is 0 Å². The molecule has 140 valence electrons. The average Bonchev–Trinajstić information content (AvgIpc) is 2.42. The Morgan fingerprint density at radius 3 is 1.00 bits per heavy atom. The molecule has 0 aromatic carbocycles. The van der Waals surface area contributed by atoms with Crippen LogP contribution in [0.1, 0.15) is 0 Å². The highest BCUT2D eigenvalue weighted by atomic mass is 32.1. The minimum Gasteiger partial charge on any atom is -0.480 e. The first-order chi connectivity index (χ1) is 11.1. The van der Waals surface area contributed by atoms with Gasteiger partial charge < -0.3 is 25.5 Å². The zero-order valence-electron chi connectivity index (χ0n) is 12.9. The maximum Gasteiger partial charge on any atom is 0.317 e. The zero-order valence-corrected chi connectivity index (χ0v) is 13.8. The standard InChI is InChI=1S/C10H16N2O8.C2H6OS/c13-7(14)3-11(4-8(15)16)1-2-12(5-9(17)18)6-10(19)20;3-1-2-4/h1-6H2,(H,13,14)(H,15,16)(H,17,18)(H,19,20);3-4H,1-2H2. The van der Waals surface area contributed by atoms with Gasteiger partial charge in [-0.3, -0.25) is 29.0 Å². The molecule has 0 spiro atoms. The lowest BCUT2D eigenvalue weighted by molar-refractivity contribution is -0.145. The molecule has 5 N–H and O–H groups in total. The van der Waals surface area contributed by atoms with Crippen molar-refractivity contribution in [1.82, 2.24) is 9.80 Å². The summed E-state index contributed by atoms with van der Waals surface area (Å²) in [6.07, 6.45) is 0. The molecular weight excluding hydrogens is 348 g/mol. The molecule has 0 atom stereocenters. The molecule has 12 heteroatoms. The van der Waals surface area contributed by atoms with Crippen molar-refractivity contribution < 1.29 is 44.7 Å². The zero-order chi connectivity index (χ0) is 19.1. The Labute approximate surface area is 143 Å². The van der Waals surface area contributed by atoms with Crippen molar-refractivity contribution in [3.8, 4) is 0 Å². The molecule has 0 aromatic rings. The second-order valence-electron chi connectivity index (χ2n) is 4.44. The highest BCUT2D eigenvalue weighted by molar-refractivity contribution is 7.80. The summed E-state index contributed by atoms with van der Waals surface area (Å²) in [6.45, 7) is -2.07. The van der Waals surface area contributed by atoms with E-state index in [4.69, 9.17) is 25.5 Å². The summed E-state index contributed by atoms with van der Waals surface area (Å²) in [4.78, 5) is 44.4. The van der Waals surface area contributed by atoms with E-state index in [0.717, 1.165) is 9.80 Å². The number of hydrogen-bond donors (Lipinski definition) is 6. The topological polar surface area (TPSA) is 176 Å². The van der Waals surface area contributed by atoms with Gasteiger partial charge in [0.25, 0.3) is 0 Å². The van der Waals surface area contributed by atoms with Crippen molar-refractivity contribution >= 4 is 36.5 Å². The van der Waals surface area contributed by atoms with Crippen molar-refractivity contribution in [2.45, 2.75) is 0 Å². The average molecular weight is 370 g/mol. The van der Waals surface area contributed by atoms with Crippen molar-refractivity contribution in [3.05, 3.63) is 0 Å². The molecule has 0 saturated heterocycles. The number of aliphatic hydroxyl groups is 1. The number of hydrogen-bond acceptors (Lipinski definition) is 8. The Kier molecular flexibility index (Phi) is 14.9. The lowest BCUT2D eigenvalue weighted by atomic mass is 10.4. The Bertz CT molecular complexity index is 349. The van der Waals surface area contributed by atoms with Gasteiger partial charge in [-0.05, 0) is 0 Å². The van der Waals surface area contributed by atoms with Crippen LogP contribution in [0.4, 0.5) is 0 Å². The normalized spacial score (nSPS) is 10.2. The third-order valence-electron chi connectivity index (χ3n) is 2.27. The van der Waals surface area contributed by atoms with E-state index in [-0.39, 0.29) is 19.7 Å². The SMILES string of the molecule is O=C(O)CN(CCN(CC(=O)O)CC(=O)O)CC(=O)O.OCCS. The first kappa shape index (κ1) is 24.4. The van der Waals surface area contributed by atoms with Crippen LogP contribution in [0.15, 0.2) is 0 Å². The van der Waals surface area contributed by atoms with Gasteiger partial charge in [0.05, 0.1) is 32.8 Å². The predicted octanol–water partition coefficient (Wildman–Crippen LogP) is -2.16. The van der Waals surface area contributed by atoms with Gasteiger partial charge in [-0.15, -0.1) is 0 Å². The summed E-state index contributed by atoms with van der Waals surface area (Å²) >= 11 is 3.67. The van der Waals surface area contributed by atoms with Gasteiger partial charge in [-0.2, -0.15) is 12.6 Å². The van der Waals surface area contributed by atoms with Gasteiger partial charge in [0.2, 0.25) is 0 Å². The van der Waals surface area contributed by atoms with E-state index < -0.39 is 50.1 Å². The molecule has 0 aromatic heterocycles. The number of nitrogens with zero attached hydrogens (tertiary/aromatic N) is 2. The second-order valence-corrected chi connectivity index (χ2v) is 4.89. The molecule has 0 aliphatic heterocycles. The summed E-state index contributed by atoms with van der Waals surface area (Å²) in [7, 11) is 0. The van der Waals surface area contributed by atoms with Gasteiger partial charge in [0.15, 0.2) is 0 Å². The Morgan fingerprint density at radius 2 is 0.875 bits per heavy atom. The maximum atomic E-state index is 10.6. The molecule has 24 heavy (non-hydrogen) atoms. The smallest absolute Gasteiger partial charge is 0.317 e. The highest BCUT2D eigenvalue weighted by Gasteiger charge is 2.17. The highest BCUT2D eigenvalue weighted by Crippen LogP contribution is 1.94. The van der Waals surface area contributed by atoms with Crippen LogP contribution in [-0.2, 0) is 19.2 Å². The molecule has 0 unspecified atom stereocenters. The van der Waals surface area contributed by atoms with Crippen LogP contribution in [0.25, 0.3) is 0 Å². The summed E-state index contributed by atoms with van der Waals surface area (Å²) in [5.41, 5.74) is 0. The Balaban J connectivity index is 0. The van der Waals surface area contributed by atoms with E-state index in [0.29, 0.717) is 5.75 Å². The fourth-order valence-electron chi connectivity index (χ4n) is 1.48. The molecule has 0 saturated carbocycles. The van der Waals surface area contributed by atoms with Crippen LogP contribution in [0, 0.1) is 0 Å². The first-order valence-electron chi connectivity index (χ1n) is 6.65. The van der Waals surface area contributed by atoms with Crippen molar-refractivity contribution in [2.24, 2.45) is 0 Å². The van der Waals surface area contributed by atoms with E-state index in [1.165, 1.54) is 0 Å². The molecule has 0 heterocycles. The molecule has 0 amide bonds. The molecule has 0 bridgehead atoms. The number of thiol groups is 1. The summed E-state index contributed by atoms with van der Waals surface area (Å²) in [5, 5.41) is 42.3. The Morgan fingerprint density at radius 1 is 0.667 bits per heavy atom. The van der Waals surface area contributed by atoms with Gasteiger partial charge in [0, 0.05) is 18.8 Å². The quantitative estimate of drug-likeness (QED) is 0.206. The van der Waals surface area contributed by atoms with E-state index in [2.05, 4.69) is 12.6 Å². The predicted molar refractivity (Wildman–Crippen MR) is 84.4 cm³/mol. The first-order valence-corrected chi connectivity index (χ1v) is 7.29. The van der Waals surface area contributed by atoms with Crippen LogP contribution >= 0.6 is 12.6 Å². The molecule has 0 rings (SSSR count). The fourth-order valence-corrected chi connectivity index (χ4v) is 1.48. The lowest BCUT2D eigenvalue weighted by Crippen LogP contribution is -2.43. The van der Waals surface area contributed by atoms with Crippen molar-refractivity contribution in [2.75, 3.05) is 51.6 Å². The molecule has 0 aliphatic rings. The molecular formula is C12H22N2O9S. The fraction of sp³-hybridized carbons (Fsp3) is 0.667. The van der Waals surface area contributed by atoms with Gasteiger partial charge in [-0.1, -0.05) is 0 Å². The molecule has 0 radical (unpaired) electrons. The molecule has 0 aliphatic carbocycles. The molecule has 11 nitrogen and oxygen atoms in total. The third kappa shape index (κ3) is 18.2. The maximum absolute atomic E-state index is 10.6. The largest absolute Gasteiger partial charge is 0.480 e.